The first-order valence-electron chi connectivity index (χ1n) is 4.29. The molecular weight excluding hydrogens is 165 g/mol. The number of fused-ring (bicyclic) bond motifs is 1. The minimum Gasteiger partial charge on any atom is -0.423 e. The summed E-state index contributed by atoms with van der Waals surface area (Å²) in [4.78, 5) is 0. The molecule has 0 unspecified atom stereocenters. The van der Waals surface area contributed by atoms with Crippen LogP contribution in [0.3, 0.4) is 0 Å². The third-order valence-corrected chi connectivity index (χ3v) is 2.61. The van der Waals surface area contributed by atoms with Gasteiger partial charge in [0.2, 0.25) is 0 Å². The molecule has 1 aliphatic rings. The van der Waals surface area contributed by atoms with Crippen LogP contribution in [0, 0.1) is 13.8 Å². The van der Waals surface area contributed by atoms with Crippen molar-refractivity contribution < 1.29 is 9.68 Å². The summed E-state index contributed by atoms with van der Waals surface area (Å²) < 4.78 is 5.11. The second kappa shape index (κ2) is 2.75. The quantitative estimate of drug-likeness (QED) is 0.436. The molecule has 0 saturated carbocycles. The molecule has 0 amide bonds. The maximum Gasteiger partial charge on any atom is 0.492 e. The van der Waals surface area contributed by atoms with Gasteiger partial charge in [0.25, 0.3) is 0 Å². The van der Waals surface area contributed by atoms with Crippen molar-refractivity contribution in [2.45, 2.75) is 20.5 Å². The Morgan fingerprint density at radius 1 is 1.54 bits per heavy atom. The van der Waals surface area contributed by atoms with Crippen molar-refractivity contribution in [3.63, 3.8) is 0 Å². The van der Waals surface area contributed by atoms with Crippen LogP contribution in [-0.2, 0) is 11.3 Å². The number of nitrogens with two attached hydrogens (primary N) is 1. The summed E-state index contributed by atoms with van der Waals surface area (Å²) in [6, 6.07) is 1.98. The molecule has 0 atom stereocenters. The van der Waals surface area contributed by atoms with Gasteiger partial charge in [-0.3, -0.25) is 0 Å². The Labute approximate surface area is 77.7 Å². The first-order chi connectivity index (χ1) is 6.11. The normalized spacial score (nSPS) is 14.8. The van der Waals surface area contributed by atoms with E-state index in [0.29, 0.717) is 6.61 Å². The van der Waals surface area contributed by atoms with Gasteiger partial charge in [-0.2, -0.15) is 0 Å². The zero-order chi connectivity index (χ0) is 9.59. The average Bonchev–Trinajstić information content (AvgIpc) is 2.43. The molecule has 68 valence electrons. The molecule has 0 radical (unpaired) electrons. The summed E-state index contributed by atoms with van der Waals surface area (Å²) in [7, 11) is -0.794. The summed E-state index contributed by atoms with van der Waals surface area (Å²) >= 11 is 0. The molecule has 4 heteroatoms. The van der Waals surface area contributed by atoms with Crippen LogP contribution in [0.1, 0.15) is 16.7 Å². The molecular formula is C9H12BNO2. The van der Waals surface area contributed by atoms with E-state index < -0.39 is 7.12 Å². The molecule has 1 aromatic rings. The molecule has 0 fully saturated rings. The Morgan fingerprint density at radius 3 is 2.92 bits per heavy atom. The Hall–Kier alpha value is -0.995. The van der Waals surface area contributed by atoms with Gasteiger partial charge in [-0.05, 0) is 36.0 Å². The molecule has 1 aromatic carbocycles. The Balaban J connectivity index is 2.68. The smallest absolute Gasteiger partial charge is 0.423 e. The molecule has 0 aromatic heterocycles. The molecule has 3 nitrogen and oxygen atoms in total. The predicted octanol–water partition coefficient (Wildman–Crippen LogP) is 0.103. The van der Waals surface area contributed by atoms with Gasteiger partial charge in [0.1, 0.15) is 0 Å². The van der Waals surface area contributed by atoms with E-state index in [4.69, 9.17) is 10.4 Å². The Kier molecular flexibility index (Phi) is 1.82. The van der Waals surface area contributed by atoms with Crippen LogP contribution in [0.2, 0.25) is 0 Å². The Bertz CT molecular complexity index is 365. The standard InChI is InChI=1S/C9H12BNO2/c1-5-3-7-4-13-10(12)8(7)6(2)9(5)11/h3,12H,4,11H2,1-2H3. The largest absolute Gasteiger partial charge is 0.492 e. The summed E-state index contributed by atoms with van der Waals surface area (Å²) in [5, 5.41) is 9.50. The number of nitrogen functional groups attached to an aromatic ring is 1. The fourth-order valence-corrected chi connectivity index (χ4v) is 1.81. The lowest BCUT2D eigenvalue weighted by atomic mass is 9.75. The minimum absolute atomic E-state index is 0.485. The van der Waals surface area contributed by atoms with Gasteiger partial charge in [0, 0.05) is 5.69 Å². The van der Waals surface area contributed by atoms with Crippen molar-refractivity contribution in [1.29, 1.82) is 0 Å². The fraction of sp³-hybridized carbons (Fsp3) is 0.333. The fourth-order valence-electron chi connectivity index (χ4n) is 1.81. The van der Waals surface area contributed by atoms with Crippen molar-refractivity contribution in [2.24, 2.45) is 0 Å². The molecule has 0 bridgehead atoms. The maximum atomic E-state index is 9.50. The molecule has 3 N–H and O–H groups in total. The monoisotopic (exact) mass is 177 g/mol. The van der Waals surface area contributed by atoms with Crippen molar-refractivity contribution >= 4 is 18.3 Å². The van der Waals surface area contributed by atoms with E-state index in [0.717, 1.165) is 27.8 Å². The highest BCUT2D eigenvalue weighted by atomic mass is 16.5. The van der Waals surface area contributed by atoms with Crippen molar-refractivity contribution in [1.82, 2.24) is 0 Å². The molecule has 0 saturated heterocycles. The van der Waals surface area contributed by atoms with E-state index in [2.05, 4.69) is 0 Å². The van der Waals surface area contributed by atoms with E-state index in [9.17, 15) is 5.02 Å². The van der Waals surface area contributed by atoms with E-state index in [-0.39, 0.29) is 0 Å². The van der Waals surface area contributed by atoms with Crippen LogP contribution < -0.4 is 11.2 Å². The lowest BCUT2D eigenvalue weighted by Crippen LogP contribution is -2.31. The molecule has 0 aliphatic carbocycles. The number of hydrogen-bond donors (Lipinski definition) is 2. The number of hydrogen-bond acceptors (Lipinski definition) is 3. The van der Waals surface area contributed by atoms with Crippen LogP contribution in [0.15, 0.2) is 6.07 Å². The van der Waals surface area contributed by atoms with Gasteiger partial charge in [-0.15, -0.1) is 0 Å². The van der Waals surface area contributed by atoms with E-state index in [1.54, 1.807) is 0 Å². The molecule has 13 heavy (non-hydrogen) atoms. The van der Waals surface area contributed by atoms with Gasteiger partial charge in [0.05, 0.1) is 6.61 Å². The lowest BCUT2D eigenvalue weighted by Gasteiger charge is -2.09. The zero-order valence-electron chi connectivity index (χ0n) is 7.79. The second-order valence-electron chi connectivity index (χ2n) is 3.47. The number of rotatable bonds is 0. The zero-order valence-corrected chi connectivity index (χ0v) is 7.79. The average molecular weight is 177 g/mol. The highest BCUT2D eigenvalue weighted by molar-refractivity contribution is 6.62. The highest BCUT2D eigenvalue weighted by Crippen LogP contribution is 2.21. The third kappa shape index (κ3) is 1.14. The van der Waals surface area contributed by atoms with Crippen LogP contribution in [0.5, 0.6) is 0 Å². The number of benzene rings is 1. The number of aryl methyl sites for hydroxylation is 1. The van der Waals surface area contributed by atoms with Crippen molar-refractivity contribution in [3.05, 3.63) is 22.8 Å². The second-order valence-corrected chi connectivity index (χ2v) is 3.47. The van der Waals surface area contributed by atoms with Gasteiger partial charge in [0.15, 0.2) is 0 Å². The van der Waals surface area contributed by atoms with E-state index in [1.165, 1.54) is 0 Å². The topological polar surface area (TPSA) is 55.5 Å². The van der Waals surface area contributed by atoms with Gasteiger partial charge >= 0.3 is 7.12 Å². The first-order valence-corrected chi connectivity index (χ1v) is 4.29. The summed E-state index contributed by atoms with van der Waals surface area (Å²) in [6.07, 6.45) is 0. The van der Waals surface area contributed by atoms with Gasteiger partial charge < -0.3 is 15.4 Å². The summed E-state index contributed by atoms with van der Waals surface area (Å²) in [5.74, 6) is 0. The van der Waals surface area contributed by atoms with Crippen LogP contribution in [0.25, 0.3) is 0 Å². The SMILES string of the molecule is Cc1cc2c(c(C)c1N)B(O)OC2. The van der Waals surface area contributed by atoms with Gasteiger partial charge in [-0.25, -0.2) is 0 Å². The first kappa shape index (κ1) is 8.60. The maximum absolute atomic E-state index is 9.50. The summed E-state index contributed by atoms with van der Waals surface area (Å²) in [5.41, 5.74) is 10.5. The molecule has 1 heterocycles. The van der Waals surface area contributed by atoms with Crippen LogP contribution in [0.4, 0.5) is 5.69 Å². The number of anilines is 1. The highest BCUT2D eigenvalue weighted by Gasteiger charge is 2.30. The molecule has 0 spiro atoms. The lowest BCUT2D eigenvalue weighted by molar-refractivity contribution is 0.275. The van der Waals surface area contributed by atoms with Gasteiger partial charge in [-0.1, -0.05) is 6.07 Å². The van der Waals surface area contributed by atoms with E-state index in [1.807, 2.05) is 19.9 Å². The Morgan fingerprint density at radius 2 is 2.23 bits per heavy atom. The molecule has 1 aliphatic heterocycles. The minimum atomic E-state index is -0.794. The van der Waals surface area contributed by atoms with E-state index >= 15 is 0 Å². The van der Waals surface area contributed by atoms with Crippen molar-refractivity contribution in [2.75, 3.05) is 5.73 Å². The van der Waals surface area contributed by atoms with Crippen LogP contribution >= 0.6 is 0 Å². The third-order valence-electron chi connectivity index (χ3n) is 2.61. The predicted molar refractivity (Wildman–Crippen MR) is 52.7 cm³/mol. The molecule has 2 rings (SSSR count). The van der Waals surface area contributed by atoms with Crippen molar-refractivity contribution in [3.8, 4) is 0 Å². The summed E-state index contributed by atoms with van der Waals surface area (Å²) in [6.45, 7) is 4.37. The van der Waals surface area contributed by atoms with Crippen LogP contribution in [-0.4, -0.2) is 12.1 Å².